The van der Waals surface area contributed by atoms with Gasteiger partial charge in [-0.15, -0.1) is 0 Å². The zero-order valence-electron chi connectivity index (χ0n) is 11.3. The highest BCUT2D eigenvalue weighted by molar-refractivity contribution is 6.04. The van der Waals surface area contributed by atoms with Crippen LogP contribution in [0.5, 0.6) is 0 Å². The third-order valence-electron chi connectivity index (χ3n) is 3.71. The van der Waals surface area contributed by atoms with Crippen molar-refractivity contribution in [3.05, 3.63) is 58.9 Å². The summed E-state index contributed by atoms with van der Waals surface area (Å²) >= 11 is 0. The second-order valence-corrected chi connectivity index (χ2v) is 5.02. The van der Waals surface area contributed by atoms with Crippen molar-refractivity contribution in [2.75, 3.05) is 0 Å². The summed E-state index contributed by atoms with van der Waals surface area (Å²) in [5, 5.41) is 0.619. The average Bonchev–Trinajstić information content (AvgIpc) is 2.79. The van der Waals surface area contributed by atoms with E-state index in [9.17, 15) is 9.18 Å². The van der Waals surface area contributed by atoms with E-state index >= 15 is 0 Å². The molecule has 0 spiro atoms. The fourth-order valence-corrected chi connectivity index (χ4v) is 2.43. The van der Waals surface area contributed by atoms with Gasteiger partial charge in [-0.1, -0.05) is 12.1 Å². The first-order valence-electron chi connectivity index (χ1n) is 6.44. The summed E-state index contributed by atoms with van der Waals surface area (Å²) in [5.41, 5.74) is 5.30. The number of benzene rings is 2. The number of aryl methyl sites for hydroxylation is 2. The molecule has 0 saturated carbocycles. The second kappa shape index (κ2) is 4.60. The average molecular weight is 267 g/mol. The summed E-state index contributed by atoms with van der Waals surface area (Å²) in [7, 11) is 0. The Morgan fingerprint density at radius 2 is 1.85 bits per heavy atom. The molecule has 1 heterocycles. The van der Waals surface area contributed by atoms with E-state index in [-0.39, 0.29) is 5.82 Å². The fourth-order valence-electron chi connectivity index (χ4n) is 2.43. The Balaban J connectivity index is 2.30. The van der Waals surface area contributed by atoms with Gasteiger partial charge in [-0.05, 0) is 54.8 Å². The molecule has 0 atom stereocenters. The van der Waals surface area contributed by atoms with Crippen molar-refractivity contribution < 1.29 is 9.18 Å². The van der Waals surface area contributed by atoms with Gasteiger partial charge in [0, 0.05) is 16.5 Å². The molecule has 2 nitrogen and oxygen atoms in total. The van der Waals surface area contributed by atoms with Crippen molar-refractivity contribution in [2.45, 2.75) is 13.8 Å². The highest BCUT2D eigenvalue weighted by atomic mass is 19.1. The molecule has 0 bridgehead atoms. The number of carbonyl (C=O) groups excluding carboxylic acids is 1. The van der Waals surface area contributed by atoms with E-state index in [2.05, 4.69) is 4.98 Å². The van der Waals surface area contributed by atoms with Crippen molar-refractivity contribution >= 4 is 17.2 Å². The number of nitrogens with one attached hydrogen (secondary N) is 1. The van der Waals surface area contributed by atoms with Gasteiger partial charge in [-0.3, -0.25) is 4.79 Å². The minimum Gasteiger partial charge on any atom is -0.354 e. The summed E-state index contributed by atoms with van der Waals surface area (Å²) in [6.45, 7) is 4.07. The van der Waals surface area contributed by atoms with Crippen LogP contribution in [0, 0.1) is 19.7 Å². The Hall–Kier alpha value is -2.42. The predicted molar refractivity (Wildman–Crippen MR) is 78.6 cm³/mol. The lowest BCUT2D eigenvalue weighted by atomic mass is 10.0. The Kier molecular flexibility index (Phi) is 2.90. The molecule has 0 aliphatic carbocycles. The van der Waals surface area contributed by atoms with E-state index in [1.54, 1.807) is 6.07 Å². The summed E-state index contributed by atoms with van der Waals surface area (Å²) in [5.74, 6) is -0.341. The van der Waals surface area contributed by atoms with Crippen LogP contribution in [-0.4, -0.2) is 11.3 Å². The molecule has 3 aromatic rings. The van der Waals surface area contributed by atoms with Crippen LogP contribution in [-0.2, 0) is 0 Å². The molecule has 3 rings (SSSR count). The second-order valence-electron chi connectivity index (χ2n) is 5.02. The van der Waals surface area contributed by atoms with Crippen molar-refractivity contribution in [1.29, 1.82) is 0 Å². The summed E-state index contributed by atoms with van der Waals surface area (Å²) in [4.78, 5) is 14.6. The third-order valence-corrected chi connectivity index (χ3v) is 3.71. The lowest BCUT2D eigenvalue weighted by Gasteiger charge is -2.04. The Morgan fingerprint density at radius 3 is 2.55 bits per heavy atom. The molecule has 0 radical (unpaired) electrons. The standard InChI is InChI=1S/C17H14FNO/c1-10-3-4-12(7-11(10)2)17-15(9-20)14-8-13(18)5-6-16(14)19-17/h3-9,19H,1-2H3. The van der Waals surface area contributed by atoms with Gasteiger partial charge in [-0.2, -0.15) is 0 Å². The number of aromatic nitrogens is 1. The van der Waals surface area contributed by atoms with E-state index in [4.69, 9.17) is 0 Å². The van der Waals surface area contributed by atoms with Crippen LogP contribution < -0.4 is 0 Å². The van der Waals surface area contributed by atoms with E-state index in [0.29, 0.717) is 10.9 Å². The maximum atomic E-state index is 13.4. The molecule has 0 aliphatic rings. The molecule has 100 valence electrons. The maximum Gasteiger partial charge on any atom is 0.152 e. The van der Waals surface area contributed by atoms with Crippen molar-refractivity contribution in [1.82, 2.24) is 4.98 Å². The van der Waals surface area contributed by atoms with Gasteiger partial charge in [-0.25, -0.2) is 4.39 Å². The molecule has 1 aromatic heterocycles. The highest BCUT2D eigenvalue weighted by Crippen LogP contribution is 2.30. The van der Waals surface area contributed by atoms with E-state index in [1.807, 2.05) is 32.0 Å². The van der Waals surface area contributed by atoms with Crippen molar-refractivity contribution in [3.8, 4) is 11.3 Å². The van der Waals surface area contributed by atoms with Gasteiger partial charge in [0.25, 0.3) is 0 Å². The quantitative estimate of drug-likeness (QED) is 0.686. The van der Waals surface area contributed by atoms with Gasteiger partial charge < -0.3 is 4.98 Å². The normalized spacial score (nSPS) is 10.9. The van der Waals surface area contributed by atoms with Crippen molar-refractivity contribution in [3.63, 3.8) is 0 Å². The van der Waals surface area contributed by atoms with E-state index in [1.165, 1.54) is 17.7 Å². The Bertz CT molecular complexity index is 817. The molecule has 2 aromatic carbocycles. The lowest BCUT2D eigenvalue weighted by Crippen LogP contribution is -1.87. The van der Waals surface area contributed by atoms with Crippen LogP contribution in [0.3, 0.4) is 0 Å². The molecule has 0 fully saturated rings. The number of halogens is 1. The number of rotatable bonds is 2. The van der Waals surface area contributed by atoms with Crippen LogP contribution in [0.2, 0.25) is 0 Å². The Labute approximate surface area is 116 Å². The van der Waals surface area contributed by atoms with Gasteiger partial charge >= 0.3 is 0 Å². The van der Waals surface area contributed by atoms with Gasteiger partial charge in [0.1, 0.15) is 5.82 Å². The van der Waals surface area contributed by atoms with Gasteiger partial charge in [0.2, 0.25) is 0 Å². The number of aldehydes is 1. The van der Waals surface area contributed by atoms with Crippen LogP contribution in [0.25, 0.3) is 22.2 Å². The molecule has 1 N–H and O–H groups in total. The van der Waals surface area contributed by atoms with Crippen LogP contribution in [0.1, 0.15) is 21.5 Å². The number of carbonyl (C=O) groups is 1. The monoisotopic (exact) mass is 267 g/mol. The largest absolute Gasteiger partial charge is 0.354 e. The molecule has 20 heavy (non-hydrogen) atoms. The molecule has 0 saturated heterocycles. The molecule has 0 amide bonds. The number of aromatic amines is 1. The van der Waals surface area contributed by atoms with Crippen LogP contribution in [0.15, 0.2) is 36.4 Å². The van der Waals surface area contributed by atoms with Gasteiger partial charge in [0.15, 0.2) is 6.29 Å². The predicted octanol–water partition coefficient (Wildman–Crippen LogP) is 4.40. The lowest BCUT2D eigenvalue weighted by molar-refractivity contribution is 0.112. The first kappa shape index (κ1) is 12.6. The maximum absolute atomic E-state index is 13.4. The third kappa shape index (κ3) is 1.92. The number of H-pyrrole nitrogens is 1. The van der Waals surface area contributed by atoms with Gasteiger partial charge in [0.05, 0.1) is 5.69 Å². The molecule has 3 heteroatoms. The smallest absolute Gasteiger partial charge is 0.152 e. The topological polar surface area (TPSA) is 32.9 Å². The summed E-state index contributed by atoms with van der Waals surface area (Å²) in [6.07, 6.45) is 0.781. The first-order chi connectivity index (χ1) is 9.60. The van der Waals surface area contributed by atoms with Crippen molar-refractivity contribution in [2.24, 2.45) is 0 Å². The molecule has 0 unspecified atom stereocenters. The highest BCUT2D eigenvalue weighted by Gasteiger charge is 2.13. The number of fused-ring (bicyclic) bond motifs is 1. The van der Waals surface area contributed by atoms with E-state index in [0.717, 1.165) is 28.6 Å². The summed E-state index contributed by atoms with van der Waals surface area (Å²) in [6, 6.07) is 10.4. The van der Waals surface area contributed by atoms with Crippen LogP contribution >= 0.6 is 0 Å². The minimum atomic E-state index is -0.341. The zero-order valence-corrected chi connectivity index (χ0v) is 11.3. The summed E-state index contributed by atoms with van der Waals surface area (Å²) < 4.78 is 13.4. The number of hydrogen-bond acceptors (Lipinski definition) is 1. The Morgan fingerprint density at radius 1 is 1.05 bits per heavy atom. The molecule has 0 aliphatic heterocycles. The van der Waals surface area contributed by atoms with Crippen LogP contribution in [0.4, 0.5) is 4.39 Å². The molecular weight excluding hydrogens is 253 g/mol. The first-order valence-corrected chi connectivity index (χ1v) is 6.44. The SMILES string of the molecule is Cc1ccc(-c2[nH]c3ccc(F)cc3c2C=O)cc1C. The molecular formula is C17H14FNO. The van der Waals surface area contributed by atoms with E-state index < -0.39 is 0 Å². The number of hydrogen-bond donors (Lipinski definition) is 1. The zero-order chi connectivity index (χ0) is 14.3. The minimum absolute atomic E-state index is 0.341. The fraction of sp³-hybridized carbons (Fsp3) is 0.118.